The second-order valence-corrected chi connectivity index (χ2v) is 4.27. The highest BCUT2D eigenvalue weighted by atomic mass is 35.5. The van der Waals surface area contributed by atoms with Crippen molar-refractivity contribution in [1.29, 1.82) is 0 Å². The van der Waals surface area contributed by atoms with Gasteiger partial charge in [0.05, 0.1) is 5.56 Å². The molecule has 0 saturated heterocycles. The van der Waals surface area contributed by atoms with E-state index < -0.39 is 0 Å². The zero-order valence-corrected chi connectivity index (χ0v) is 9.82. The first-order valence-electron chi connectivity index (χ1n) is 4.96. The Morgan fingerprint density at radius 2 is 2.06 bits per heavy atom. The summed E-state index contributed by atoms with van der Waals surface area (Å²) >= 11 is 5.89. The molecule has 1 aromatic heterocycles. The van der Waals surface area contributed by atoms with E-state index in [1.54, 1.807) is 18.2 Å². The third-order valence-electron chi connectivity index (χ3n) is 2.18. The van der Waals surface area contributed by atoms with Crippen molar-refractivity contribution in [2.75, 3.05) is 5.73 Å². The molecular formula is C11H12ClN3O. The van der Waals surface area contributed by atoms with Crippen molar-refractivity contribution in [3.05, 3.63) is 29.1 Å². The van der Waals surface area contributed by atoms with Crippen molar-refractivity contribution >= 4 is 17.3 Å². The predicted octanol–water partition coefficient (Wildman–Crippen LogP) is 3.10. The second kappa shape index (κ2) is 4.14. The second-order valence-electron chi connectivity index (χ2n) is 3.83. The number of halogens is 1. The van der Waals surface area contributed by atoms with Crippen LogP contribution in [0.5, 0.6) is 0 Å². The average molecular weight is 238 g/mol. The molecule has 0 bridgehead atoms. The number of hydrogen-bond donors (Lipinski definition) is 1. The van der Waals surface area contributed by atoms with E-state index in [0.29, 0.717) is 28.1 Å². The van der Waals surface area contributed by atoms with E-state index in [2.05, 4.69) is 10.2 Å². The third kappa shape index (κ3) is 2.02. The van der Waals surface area contributed by atoms with Gasteiger partial charge in [0, 0.05) is 16.6 Å². The summed E-state index contributed by atoms with van der Waals surface area (Å²) in [5, 5.41) is 8.49. The van der Waals surface area contributed by atoms with Crippen LogP contribution in [0.2, 0.25) is 5.02 Å². The van der Waals surface area contributed by atoms with Crippen molar-refractivity contribution in [2.24, 2.45) is 0 Å². The largest absolute Gasteiger partial charge is 0.420 e. The number of nitrogen functional groups attached to an aromatic ring is 1. The van der Waals surface area contributed by atoms with Gasteiger partial charge in [-0.25, -0.2) is 0 Å². The summed E-state index contributed by atoms with van der Waals surface area (Å²) < 4.78 is 5.51. The van der Waals surface area contributed by atoms with Crippen LogP contribution in [-0.2, 0) is 0 Å². The summed E-state index contributed by atoms with van der Waals surface area (Å²) in [7, 11) is 0. The summed E-state index contributed by atoms with van der Waals surface area (Å²) in [5.41, 5.74) is 7.07. The molecule has 0 aliphatic carbocycles. The van der Waals surface area contributed by atoms with Crippen molar-refractivity contribution in [3.63, 3.8) is 0 Å². The Hall–Kier alpha value is -1.55. The highest BCUT2D eigenvalue weighted by Gasteiger charge is 2.13. The van der Waals surface area contributed by atoms with E-state index in [4.69, 9.17) is 21.8 Å². The van der Waals surface area contributed by atoms with Gasteiger partial charge in [0.2, 0.25) is 11.8 Å². The lowest BCUT2D eigenvalue weighted by Gasteiger charge is -2.01. The van der Waals surface area contributed by atoms with Crippen LogP contribution in [-0.4, -0.2) is 10.2 Å². The summed E-state index contributed by atoms with van der Waals surface area (Å²) in [5.74, 6) is 1.19. The molecule has 2 rings (SSSR count). The molecule has 2 aromatic rings. The molecule has 1 aromatic carbocycles. The summed E-state index contributed by atoms with van der Waals surface area (Å²) in [4.78, 5) is 0. The van der Waals surface area contributed by atoms with E-state index in [1.807, 2.05) is 13.8 Å². The molecule has 2 N–H and O–H groups in total. The minimum absolute atomic E-state index is 0.196. The summed E-state index contributed by atoms with van der Waals surface area (Å²) in [6.45, 7) is 3.97. The lowest BCUT2D eigenvalue weighted by atomic mass is 10.2. The minimum Gasteiger partial charge on any atom is -0.420 e. The number of benzene rings is 1. The van der Waals surface area contributed by atoms with Crippen molar-refractivity contribution in [2.45, 2.75) is 19.8 Å². The maximum Gasteiger partial charge on any atom is 0.249 e. The first-order valence-corrected chi connectivity index (χ1v) is 5.34. The van der Waals surface area contributed by atoms with Gasteiger partial charge in [0.1, 0.15) is 0 Å². The molecule has 5 heteroatoms. The molecule has 0 atom stereocenters. The van der Waals surface area contributed by atoms with Gasteiger partial charge in [-0.2, -0.15) is 0 Å². The molecule has 4 nitrogen and oxygen atoms in total. The van der Waals surface area contributed by atoms with Crippen molar-refractivity contribution in [3.8, 4) is 11.5 Å². The Bertz CT molecular complexity index is 508. The van der Waals surface area contributed by atoms with E-state index in [1.165, 1.54) is 0 Å². The van der Waals surface area contributed by atoms with Crippen LogP contribution in [0.3, 0.4) is 0 Å². The molecular weight excluding hydrogens is 226 g/mol. The molecule has 0 amide bonds. The van der Waals surface area contributed by atoms with Crippen molar-refractivity contribution < 1.29 is 4.42 Å². The first-order chi connectivity index (χ1) is 7.58. The Balaban J connectivity index is 2.46. The number of nitrogens with two attached hydrogens (primary N) is 1. The smallest absolute Gasteiger partial charge is 0.249 e. The van der Waals surface area contributed by atoms with Crippen LogP contribution in [0.1, 0.15) is 25.7 Å². The number of anilines is 1. The van der Waals surface area contributed by atoms with Gasteiger partial charge in [-0.05, 0) is 18.2 Å². The van der Waals surface area contributed by atoms with Crippen LogP contribution in [0, 0.1) is 0 Å². The molecule has 0 spiro atoms. The van der Waals surface area contributed by atoms with Crippen LogP contribution in [0.25, 0.3) is 11.5 Å². The Morgan fingerprint density at radius 1 is 1.31 bits per heavy atom. The number of hydrogen-bond acceptors (Lipinski definition) is 4. The van der Waals surface area contributed by atoms with Gasteiger partial charge in [0.25, 0.3) is 0 Å². The molecule has 1 heterocycles. The van der Waals surface area contributed by atoms with Crippen LogP contribution < -0.4 is 5.73 Å². The molecule has 0 unspecified atom stereocenters. The lowest BCUT2D eigenvalue weighted by molar-refractivity contribution is 0.481. The fourth-order valence-corrected chi connectivity index (χ4v) is 1.46. The maximum atomic E-state index is 5.89. The Labute approximate surface area is 98.4 Å². The Morgan fingerprint density at radius 3 is 2.69 bits per heavy atom. The molecule has 0 fully saturated rings. The SMILES string of the molecule is CC(C)c1nnc(-c2cc(Cl)ccc2N)o1. The molecule has 84 valence electrons. The maximum absolute atomic E-state index is 5.89. The fourth-order valence-electron chi connectivity index (χ4n) is 1.29. The van der Waals surface area contributed by atoms with E-state index in [9.17, 15) is 0 Å². The molecule has 0 radical (unpaired) electrons. The quantitative estimate of drug-likeness (QED) is 0.816. The zero-order valence-electron chi connectivity index (χ0n) is 9.07. The lowest BCUT2D eigenvalue weighted by Crippen LogP contribution is -1.89. The third-order valence-corrected chi connectivity index (χ3v) is 2.42. The summed E-state index contributed by atoms with van der Waals surface area (Å²) in [6.07, 6.45) is 0. The van der Waals surface area contributed by atoms with Crippen LogP contribution in [0.15, 0.2) is 22.6 Å². The fraction of sp³-hybridized carbons (Fsp3) is 0.273. The minimum atomic E-state index is 0.196. The van der Waals surface area contributed by atoms with E-state index >= 15 is 0 Å². The normalized spacial score (nSPS) is 11.0. The first kappa shape index (κ1) is 11.0. The van der Waals surface area contributed by atoms with Crippen LogP contribution >= 0.6 is 11.6 Å². The predicted molar refractivity (Wildman–Crippen MR) is 63.2 cm³/mol. The number of nitrogens with zero attached hydrogens (tertiary/aromatic N) is 2. The summed E-state index contributed by atoms with van der Waals surface area (Å²) in [6, 6.07) is 5.16. The van der Waals surface area contributed by atoms with Crippen molar-refractivity contribution in [1.82, 2.24) is 10.2 Å². The van der Waals surface area contributed by atoms with Crippen LogP contribution in [0.4, 0.5) is 5.69 Å². The van der Waals surface area contributed by atoms with Gasteiger partial charge in [-0.3, -0.25) is 0 Å². The highest BCUT2D eigenvalue weighted by molar-refractivity contribution is 6.31. The van der Waals surface area contributed by atoms with Gasteiger partial charge in [-0.15, -0.1) is 10.2 Å². The molecule has 0 saturated carbocycles. The molecule has 16 heavy (non-hydrogen) atoms. The highest BCUT2D eigenvalue weighted by Crippen LogP contribution is 2.28. The Kier molecular flexibility index (Phi) is 2.83. The zero-order chi connectivity index (χ0) is 11.7. The van der Waals surface area contributed by atoms with E-state index in [0.717, 1.165) is 0 Å². The van der Waals surface area contributed by atoms with Gasteiger partial charge in [0.15, 0.2) is 0 Å². The topological polar surface area (TPSA) is 64.9 Å². The monoisotopic (exact) mass is 237 g/mol. The molecule has 0 aliphatic heterocycles. The average Bonchev–Trinajstić information content (AvgIpc) is 2.70. The standard InChI is InChI=1S/C11H12ClN3O/c1-6(2)10-14-15-11(16-10)8-5-7(12)3-4-9(8)13/h3-6H,13H2,1-2H3. The number of aromatic nitrogens is 2. The van der Waals surface area contributed by atoms with Gasteiger partial charge in [-0.1, -0.05) is 25.4 Å². The van der Waals surface area contributed by atoms with Gasteiger partial charge >= 0.3 is 0 Å². The number of rotatable bonds is 2. The van der Waals surface area contributed by atoms with Gasteiger partial charge < -0.3 is 10.2 Å². The molecule has 0 aliphatic rings. The van der Waals surface area contributed by atoms with E-state index in [-0.39, 0.29) is 5.92 Å².